The number of halogens is 3. The highest BCUT2D eigenvalue weighted by molar-refractivity contribution is 7.13. The van der Waals surface area contributed by atoms with Gasteiger partial charge in [0.05, 0.1) is 18.5 Å². The van der Waals surface area contributed by atoms with Crippen molar-refractivity contribution in [3.05, 3.63) is 17.0 Å². The van der Waals surface area contributed by atoms with Crippen molar-refractivity contribution in [2.75, 3.05) is 26.2 Å². The smallest absolute Gasteiger partial charge is 0.422 e. The number of ether oxygens (including phenoxy) is 1. The summed E-state index contributed by atoms with van der Waals surface area (Å²) < 4.78 is 41.4. The molecule has 0 aliphatic carbocycles. The van der Waals surface area contributed by atoms with Crippen LogP contribution in [0.1, 0.15) is 45.0 Å². The summed E-state index contributed by atoms with van der Waals surface area (Å²) in [6.07, 6.45) is -3.73. The second-order valence-electron chi connectivity index (χ2n) is 8.31. The van der Waals surface area contributed by atoms with Gasteiger partial charge in [-0.2, -0.15) is 13.2 Å². The molecule has 2 amide bonds. The Hall–Kier alpha value is -1.81. The molecular weight excluding hydrogens is 407 g/mol. The Bertz CT molecular complexity index is 716. The standard InChI is InChI=1S/C19H28F3N3O3S/c1-12(14-5-6-16(29-14)28-11-19(20,21)22)23-17(27)13-7-8-25(9-13)10-15(26)24-18(2,3)4/h5-6,12-13H,7-11H2,1-4H3,(H,23,27)(H,24,26)/t12-,13?/m1/s1. The number of carbonyl (C=O) groups excluding carboxylic acids is 2. The van der Waals surface area contributed by atoms with Gasteiger partial charge in [-0.15, -0.1) is 11.3 Å². The van der Waals surface area contributed by atoms with Gasteiger partial charge < -0.3 is 15.4 Å². The number of hydrogen-bond acceptors (Lipinski definition) is 5. The molecule has 1 aliphatic rings. The minimum absolute atomic E-state index is 0.0723. The lowest BCUT2D eigenvalue weighted by molar-refractivity contribution is -0.152. The fraction of sp³-hybridized carbons (Fsp3) is 0.684. The number of carbonyl (C=O) groups is 2. The quantitative estimate of drug-likeness (QED) is 0.691. The molecule has 0 spiro atoms. The first kappa shape index (κ1) is 23.5. The van der Waals surface area contributed by atoms with E-state index in [9.17, 15) is 22.8 Å². The highest BCUT2D eigenvalue weighted by Crippen LogP contribution is 2.31. The fourth-order valence-corrected chi connectivity index (χ4v) is 3.91. The highest BCUT2D eigenvalue weighted by atomic mass is 32.1. The van der Waals surface area contributed by atoms with Crippen LogP contribution >= 0.6 is 11.3 Å². The van der Waals surface area contributed by atoms with Crippen LogP contribution in [0.4, 0.5) is 13.2 Å². The van der Waals surface area contributed by atoms with Crippen LogP contribution in [0.2, 0.25) is 0 Å². The Morgan fingerprint density at radius 1 is 1.31 bits per heavy atom. The molecule has 0 saturated carbocycles. The predicted octanol–water partition coefficient (Wildman–Crippen LogP) is 3.10. The van der Waals surface area contributed by atoms with Gasteiger partial charge in [0, 0.05) is 17.0 Å². The normalized spacial score (nSPS) is 19.1. The molecule has 164 valence electrons. The van der Waals surface area contributed by atoms with Gasteiger partial charge in [0.2, 0.25) is 11.8 Å². The summed E-state index contributed by atoms with van der Waals surface area (Å²) in [4.78, 5) is 27.2. The van der Waals surface area contributed by atoms with Crippen LogP contribution in [0.3, 0.4) is 0 Å². The van der Waals surface area contributed by atoms with E-state index in [1.54, 1.807) is 13.0 Å². The molecule has 1 fully saturated rings. The topological polar surface area (TPSA) is 70.7 Å². The van der Waals surface area contributed by atoms with Crippen LogP contribution in [-0.4, -0.2) is 54.7 Å². The number of hydrogen-bond donors (Lipinski definition) is 2. The van der Waals surface area contributed by atoms with Crippen molar-refractivity contribution in [3.8, 4) is 5.06 Å². The van der Waals surface area contributed by atoms with Gasteiger partial charge in [-0.1, -0.05) is 0 Å². The van der Waals surface area contributed by atoms with E-state index in [0.717, 1.165) is 16.2 Å². The number of nitrogens with zero attached hydrogens (tertiary/aromatic N) is 1. The summed E-state index contributed by atoms with van der Waals surface area (Å²) in [5.41, 5.74) is -0.299. The lowest BCUT2D eigenvalue weighted by Crippen LogP contribution is -2.45. The lowest BCUT2D eigenvalue weighted by Gasteiger charge is -2.23. The monoisotopic (exact) mass is 435 g/mol. The van der Waals surface area contributed by atoms with E-state index in [0.29, 0.717) is 19.5 Å². The highest BCUT2D eigenvalue weighted by Gasteiger charge is 2.31. The molecule has 1 aromatic heterocycles. The summed E-state index contributed by atoms with van der Waals surface area (Å²) in [7, 11) is 0. The van der Waals surface area contributed by atoms with Crippen LogP contribution in [0, 0.1) is 5.92 Å². The Kier molecular flexibility index (Phi) is 7.56. The molecule has 29 heavy (non-hydrogen) atoms. The molecule has 0 aromatic carbocycles. The zero-order valence-corrected chi connectivity index (χ0v) is 17.9. The first-order valence-electron chi connectivity index (χ1n) is 9.45. The van der Waals surface area contributed by atoms with E-state index in [1.165, 1.54) is 6.07 Å². The molecule has 6 nitrogen and oxygen atoms in total. The van der Waals surface area contributed by atoms with E-state index in [2.05, 4.69) is 10.6 Å². The average molecular weight is 436 g/mol. The Balaban J connectivity index is 1.80. The van der Waals surface area contributed by atoms with Crippen molar-refractivity contribution in [3.63, 3.8) is 0 Å². The molecule has 2 N–H and O–H groups in total. The first-order valence-corrected chi connectivity index (χ1v) is 10.3. The lowest BCUT2D eigenvalue weighted by atomic mass is 10.1. The molecule has 1 aromatic rings. The van der Waals surface area contributed by atoms with Gasteiger partial charge in [0.25, 0.3) is 0 Å². The number of thiophene rings is 1. The van der Waals surface area contributed by atoms with Crippen molar-refractivity contribution in [2.45, 2.75) is 51.9 Å². The van der Waals surface area contributed by atoms with Gasteiger partial charge >= 0.3 is 6.18 Å². The summed E-state index contributed by atoms with van der Waals surface area (Å²) in [5.74, 6) is -0.417. The average Bonchev–Trinajstić information content (AvgIpc) is 3.19. The Morgan fingerprint density at radius 2 is 2.00 bits per heavy atom. The minimum Gasteiger partial charge on any atom is -0.475 e. The van der Waals surface area contributed by atoms with Crippen molar-refractivity contribution < 1.29 is 27.5 Å². The van der Waals surface area contributed by atoms with Gasteiger partial charge in [0.15, 0.2) is 11.7 Å². The third kappa shape index (κ3) is 8.22. The van der Waals surface area contributed by atoms with E-state index < -0.39 is 12.8 Å². The van der Waals surface area contributed by atoms with E-state index in [1.807, 2.05) is 25.7 Å². The zero-order valence-electron chi connectivity index (χ0n) is 17.1. The van der Waals surface area contributed by atoms with E-state index in [4.69, 9.17) is 4.74 Å². The van der Waals surface area contributed by atoms with Crippen molar-refractivity contribution >= 4 is 23.2 Å². The van der Waals surface area contributed by atoms with Crippen molar-refractivity contribution in [1.29, 1.82) is 0 Å². The number of alkyl halides is 3. The SMILES string of the molecule is C[C@@H](NC(=O)C1CCN(CC(=O)NC(C)(C)C)C1)c1ccc(OCC(F)(F)F)s1. The summed E-state index contributed by atoms with van der Waals surface area (Å²) >= 11 is 1.08. The number of rotatable bonds is 7. The second-order valence-corrected chi connectivity index (χ2v) is 9.39. The van der Waals surface area contributed by atoms with Crippen molar-refractivity contribution in [2.24, 2.45) is 5.92 Å². The van der Waals surface area contributed by atoms with Crippen LogP contribution in [0.15, 0.2) is 12.1 Å². The fourth-order valence-electron chi connectivity index (χ4n) is 3.05. The van der Waals surface area contributed by atoms with Gasteiger partial charge in [-0.3, -0.25) is 14.5 Å². The Labute approximate surface area is 172 Å². The molecule has 2 heterocycles. The molecular formula is C19H28F3N3O3S. The number of likely N-dealkylation sites (tertiary alicyclic amines) is 1. The molecule has 1 unspecified atom stereocenters. The maximum atomic E-state index is 12.5. The Morgan fingerprint density at radius 3 is 2.62 bits per heavy atom. The van der Waals surface area contributed by atoms with Gasteiger partial charge in [0.1, 0.15) is 0 Å². The maximum absolute atomic E-state index is 12.5. The van der Waals surface area contributed by atoms with Gasteiger partial charge in [-0.05, 0) is 52.8 Å². The van der Waals surface area contributed by atoms with Crippen molar-refractivity contribution in [1.82, 2.24) is 15.5 Å². The number of nitrogens with one attached hydrogen (secondary N) is 2. The first-order chi connectivity index (χ1) is 13.3. The molecule has 1 aliphatic heterocycles. The maximum Gasteiger partial charge on any atom is 0.422 e. The summed E-state index contributed by atoms with van der Waals surface area (Å²) in [6, 6.07) is 2.78. The summed E-state index contributed by atoms with van der Waals surface area (Å²) in [5, 5.41) is 5.97. The molecule has 0 bridgehead atoms. The van der Waals surface area contributed by atoms with E-state index in [-0.39, 0.29) is 40.9 Å². The molecule has 2 atom stereocenters. The second kappa shape index (κ2) is 9.34. The third-order valence-electron chi connectivity index (χ3n) is 4.29. The molecule has 2 rings (SSSR count). The number of amides is 2. The largest absolute Gasteiger partial charge is 0.475 e. The molecule has 10 heteroatoms. The predicted molar refractivity (Wildman–Crippen MR) is 105 cm³/mol. The zero-order chi connectivity index (χ0) is 21.8. The van der Waals surface area contributed by atoms with Crippen LogP contribution < -0.4 is 15.4 Å². The molecule has 0 radical (unpaired) electrons. The third-order valence-corrected chi connectivity index (χ3v) is 5.47. The minimum atomic E-state index is -4.39. The van der Waals surface area contributed by atoms with Crippen LogP contribution in [-0.2, 0) is 9.59 Å². The summed E-state index contributed by atoms with van der Waals surface area (Å²) in [6.45, 7) is 7.60. The van der Waals surface area contributed by atoms with Crippen LogP contribution in [0.25, 0.3) is 0 Å². The molecule has 1 saturated heterocycles. The van der Waals surface area contributed by atoms with Crippen LogP contribution in [0.5, 0.6) is 5.06 Å². The van der Waals surface area contributed by atoms with Gasteiger partial charge in [-0.25, -0.2) is 0 Å². The van der Waals surface area contributed by atoms with E-state index >= 15 is 0 Å².